The fourth-order valence-corrected chi connectivity index (χ4v) is 4.81. The Labute approximate surface area is 271 Å². The predicted octanol–water partition coefficient (Wildman–Crippen LogP) is 11.2. The van der Waals surface area contributed by atoms with Gasteiger partial charge in [-0.15, -0.1) is 69.1 Å². The van der Waals surface area contributed by atoms with Gasteiger partial charge in [0.1, 0.15) is 11.5 Å². The zero-order valence-electron chi connectivity index (χ0n) is 25.0. The molecular formula is C36H36Cl2O2SiZr. The first kappa shape index (κ1) is 33.9. The molecule has 0 saturated heterocycles. The second-order valence-corrected chi connectivity index (χ2v) is 14.4. The Hall–Kier alpha value is -2.62. The molecule has 6 aromatic carbocycles. The third-order valence-corrected chi connectivity index (χ3v) is 6.59. The molecule has 0 N–H and O–H groups in total. The van der Waals surface area contributed by atoms with Crippen molar-refractivity contribution in [2.24, 2.45) is 0 Å². The third-order valence-electron chi connectivity index (χ3n) is 6.59. The first-order valence-electron chi connectivity index (χ1n) is 13.5. The Bertz CT molecular complexity index is 1530. The summed E-state index contributed by atoms with van der Waals surface area (Å²) in [5.74, 6) is 1.79. The van der Waals surface area contributed by atoms with Crippen LogP contribution in [0.4, 0.5) is 0 Å². The van der Waals surface area contributed by atoms with E-state index >= 15 is 0 Å². The fraction of sp³-hybridized carbons (Fsp3) is 0.167. The summed E-state index contributed by atoms with van der Waals surface area (Å²) in [7, 11) is 14.3. The number of aryl methyl sites for hydroxylation is 2. The van der Waals surface area contributed by atoms with Gasteiger partial charge < -0.3 is 9.47 Å². The van der Waals surface area contributed by atoms with Gasteiger partial charge in [-0.1, -0.05) is 74.5 Å². The zero-order chi connectivity index (χ0) is 30.5. The molecule has 0 bridgehead atoms. The van der Waals surface area contributed by atoms with Crippen LogP contribution >= 0.6 is 17.0 Å². The second kappa shape index (κ2) is 17.5. The normalized spacial score (nSPS) is 9.90. The van der Waals surface area contributed by atoms with E-state index in [9.17, 15) is 0 Å². The average Bonchev–Trinajstić information content (AvgIpc) is 3.59. The van der Waals surface area contributed by atoms with E-state index in [-0.39, 0.29) is 0 Å². The molecule has 6 aromatic rings. The summed E-state index contributed by atoms with van der Waals surface area (Å²) in [5, 5.41) is 5.25. The van der Waals surface area contributed by atoms with Crippen molar-refractivity contribution < 1.29 is 30.3 Å². The fourth-order valence-electron chi connectivity index (χ4n) is 4.81. The van der Waals surface area contributed by atoms with Gasteiger partial charge >= 0.3 is 37.9 Å². The number of ether oxygens (including phenoxy) is 2. The molecule has 6 rings (SSSR count). The number of methoxy groups -OCH3 is 2. The van der Waals surface area contributed by atoms with E-state index in [4.69, 9.17) is 26.5 Å². The Balaban J connectivity index is 0.000000195. The van der Waals surface area contributed by atoms with Gasteiger partial charge in [-0.25, -0.2) is 0 Å². The average molecular weight is 691 g/mol. The van der Waals surface area contributed by atoms with Crippen LogP contribution < -0.4 is 9.47 Å². The summed E-state index contributed by atoms with van der Waals surface area (Å²) in [6.45, 7) is 8.58. The second-order valence-electron chi connectivity index (χ2n) is 9.71. The van der Waals surface area contributed by atoms with Gasteiger partial charge in [0, 0.05) is 9.52 Å². The Kier molecular flexibility index (Phi) is 14.1. The molecule has 6 heteroatoms. The molecule has 0 aliphatic heterocycles. The van der Waals surface area contributed by atoms with Crippen LogP contribution in [0.3, 0.4) is 0 Å². The maximum atomic E-state index is 5.20. The summed E-state index contributed by atoms with van der Waals surface area (Å²) in [6, 6.07) is 38.3. The van der Waals surface area contributed by atoms with Gasteiger partial charge in [0.2, 0.25) is 0 Å². The van der Waals surface area contributed by atoms with Crippen molar-refractivity contribution in [3.8, 4) is 33.8 Å². The molecule has 2 nitrogen and oxygen atoms in total. The van der Waals surface area contributed by atoms with Crippen molar-refractivity contribution >= 4 is 48.1 Å². The molecule has 0 aromatic heterocycles. The van der Waals surface area contributed by atoms with Gasteiger partial charge in [-0.2, -0.15) is 12.1 Å². The number of hydrogen-bond acceptors (Lipinski definition) is 2. The number of halogens is 2. The van der Waals surface area contributed by atoms with Gasteiger partial charge in [0.25, 0.3) is 0 Å². The molecule has 214 valence electrons. The first-order valence-corrected chi connectivity index (χ1v) is 21.9. The van der Waals surface area contributed by atoms with Crippen LogP contribution in [0.5, 0.6) is 11.5 Å². The number of hydrogen-bond donors (Lipinski definition) is 0. The summed E-state index contributed by atoms with van der Waals surface area (Å²) in [4.78, 5) is 0. The molecule has 0 unspecified atom stereocenters. The van der Waals surface area contributed by atoms with Crippen molar-refractivity contribution in [3.05, 3.63) is 120 Å². The van der Waals surface area contributed by atoms with E-state index < -0.39 is 20.8 Å². The Morgan fingerprint density at radius 1 is 0.595 bits per heavy atom. The quantitative estimate of drug-likeness (QED) is 0.135. The van der Waals surface area contributed by atoms with Crippen molar-refractivity contribution in [2.45, 2.75) is 26.9 Å². The minimum atomic E-state index is -0.826. The number of fused-ring (bicyclic) bond motifs is 2. The van der Waals surface area contributed by atoms with E-state index in [0.717, 1.165) is 21.0 Å². The van der Waals surface area contributed by atoms with Crippen LogP contribution in [0.1, 0.15) is 11.1 Å². The number of benzene rings is 4. The molecule has 0 fully saturated rings. The standard InChI is InChI=1S/2C17H15O.C2H6Si.2ClH.Zr/c2*1-12-10-14-4-3-5-16(17(14)11-12)13-6-8-15(18-2)9-7-13;1-3-2;;;/h2*3-11H,1-2H3;1-2H3;2*1H;/q2*-1;;;;+4/p-2. The van der Waals surface area contributed by atoms with Gasteiger partial charge in [-0.3, -0.25) is 0 Å². The summed E-state index contributed by atoms with van der Waals surface area (Å²) < 4.78 is 10.4. The van der Waals surface area contributed by atoms with Gasteiger partial charge in [0.05, 0.1) is 14.2 Å². The van der Waals surface area contributed by atoms with E-state index in [1.165, 1.54) is 54.9 Å². The summed E-state index contributed by atoms with van der Waals surface area (Å²) in [5.41, 5.74) is 7.64. The topological polar surface area (TPSA) is 18.5 Å². The van der Waals surface area contributed by atoms with Gasteiger partial charge in [-0.05, 0) is 35.4 Å². The van der Waals surface area contributed by atoms with Gasteiger partial charge in [0.15, 0.2) is 0 Å². The first-order chi connectivity index (χ1) is 20.4. The van der Waals surface area contributed by atoms with Crippen molar-refractivity contribution in [2.75, 3.05) is 14.2 Å². The van der Waals surface area contributed by atoms with Crippen molar-refractivity contribution in [1.29, 1.82) is 0 Å². The molecular weight excluding hydrogens is 655 g/mol. The Morgan fingerprint density at radius 3 is 1.24 bits per heavy atom. The maximum absolute atomic E-state index is 5.20. The molecule has 0 aliphatic rings. The third kappa shape index (κ3) is 9.19. The van der Waals surface area contributed by atoms with E-state index in [0.29, 0.717) is 0 Å². The van der Waals surface area contributed by atoms with Crippen molar-refractivity contribution in [1.82, 2.24) is 0 Å². The van der Waals surface area contributed by atoms with Crippen LogP contribution in [-0.2, 0) is 20.8 Å². The van der Waals surface area contributed by atoms with E-state index in [2.05, 4.69) is 112 Å². The van der Waals surface area contributed by atoms with Crippen LogP contribution in [0.15, 0.2) is 109 Å². The molecule has 0 spiro atoms. The molecule has 42 heavy (non-hydrogen) atoms. The van der Waals surface area contributed by atoms with Crippen molar-refractivity contribution in [3.63, 3.8) is 0 Å². The molecule has 0 saturated carbocycles. The van der Waals surface area contributed by atoms with E-state index in [1.54, 1.807) is 14.2 Å². The molecule has 0 aliphatic carbocycles. The number of rotatable bonds is 4. The summed E-state index contributed by atoms with van der Waals surface area (Å²) in [6.07, 6.45) is 0. The Morgan fingerprint density at radius 2 is 0.929 bits per heavy atom. The predicted molar refractivity (Wildman–Crippen MR) is 182 cm³/mol. The van der Waals surface area contributed by atoms with Crippen LogP contribution in [0, 0.1) is 13.8 Å². The SMILES string of the molecule is COc1ccc(-c2cccc3[cH-]c(C)cc23)cc1.COc1ccc(-c2cccc3[cH-]c(C)cc23)cc1.C[Si]C.[Cl][Zr+2][Cl]. The molecule has 0 heterocycles. The monoisotopic (exact) mass is 688 g/mol. The molecule has 2 radical (unpaired) electrons. The summed E-state index contributed by atoms with van der Waals surface area (Å²) >= 11 is -0.826. The zero-order valence-corrected chi connectivity index (χ0v) is 29.9. The van der Waals surface area contributed by atoms with Crippen LogP contribution in [-0.4, -0.2) is 23.7 Å². The van der Waals surface area contributed by atoms with E-state index in [1.807, 2.05) is 24.3 Å². The van der Waals surface area contributed by atoms with Crippen LogP contribution in [0.2, 0.25) is 13.1 Å². The minimum absolute atomic E-state index is 0.826. The molecule has 0 amide bonds. The van der Waals surface area contributed by atoms with Crippen LogP contribution in [0.25, 0.3) is 43.8 Å². The molecule has 0 atom stereocenters.